The molecular weight excluding hydrogens is 278 g/mol. The maximum atomic E-state index is 5.65. The molecule has 1 heterocycles. The molecule has 2 fully saturated rings. The van der Waals surface area contributed by atoms with Gasteiger partial charge in [0.1, 0.15) is 6.10 Å². The van der Waals surface area contributed by atoms with Gasteiger partial charge in [-0.3, -0.25) is 4.99 Å². The summed E-state index contributed by atoms with van der Waals surface area (Å²) in [5.41, 5.74) is 0. The van der Waals surface area contributed by atoms with Crippen LogP contribution in [0.5, 0.6) is 0 Å². The molecule has 1 saturated carbocycles. The van der Waals surface area contributed by atoms with Crippen LogP contribution in [0, 0.1) is 11.8 Å². The van der Waals surface area contributed by atoms with E-state index in [9.17, 15) is 0 Å². The quantitative estimate of drug-likeness (QED) is 0.603. The summed E-state index contributed by atoms with van der Waals surface area (Å²) >= 11 is 0. The van der Waals surface area contributed by atoms with E-state index in [1.165, 1.54) is 25.7 Å². The minimum atomic E-state index is 0.0980. The molecule has 0 radical (unpaired) electrons. The molecule has 2 aliphatic rings. The third-order valence-electron chi connectivity index (χ3n) is 4.74. The molecule has 1 unspecified atom stereocenters. The zero-order valence-electron chi connectivity index (χ0n) is 14.4. The molecule has 1 atom stereocenters. The fourth-order valence-electron chi connectivity index (χ4n) is 3.28. The van der Waals surface area contributed by atoms with Gasteiger partial charge >= 0.3 is 0 Å². The van der Waals surface area contributed by atoms with Gasteiger partial charge in [0, 0.05) is 12.6 Å². The second kappa shape index (κ2) is 9.36. The van der Waals surface area contributed by atoms with E-state index in [4.69, 9.17) is 9.47 Å². The Labute approximate surface area is 135 Å². The van der Waals surface area contributed by atoms with Crippen molar-refractivity contribution in [2.24, 2.45) is 16.8 Å². The van der Waals surface area contributed by atoms with Crippen LogP contribution >= 0.6 is 0 Å². The van der Waals surface area contributed by atoms with Gasteiger partial charge in [0.15, 0.2) is 5.96 Å². The third kappa shape index (κ3) is 5.76. The maximum absolute atomic E-state index is 5.65. The summed E-state index contributed by atoms with van der Waals surface area (Å²) in [6.07, 6.45) is 5.25. The van der Waals surface area contributed by atoms with E-state index in [2.05, 4.69) is 36.4 Å². The SMILES string of the molecule is CCNC(=NCC1COCCO1)NC1CCC(C(C)C)CC1. The lowest BCUT2D eigenvalue weighted by atomic mass is 9.80. The summed E-state index contributed by atoms with van der Waals surface area (Å²) in [6.45, 7) is 10.4. The van der Waals surface area contributed by atoms with E-state index in [1.54, 1.807) is 0 Å². The molecule has 5 heteroatoms. The van der Waals surface area contributed by atoms with Crippen LogP contribution in [-0.2, 0) is 9.47 Å². The predicted molar refractivity (Wildman–Crippen MR) is 90.3 cm³/mol. The molecule has 0 aromatic carbocycles. The number of rotatable bonds is 5. The molecule has 2 rings (SSSR count). The number of hydrogen-bond acceptors (Lipinski definition) is 3. The number of nitrogens with one attached hydrogen (secondary N) is 2. The highest BCUT2D eigenvalue weighted by Crippen LogP contribution is 2.29. The first-order valence-corrected chi connectivity index (χ1v) is 8.93. The van der Waals surface area contributed by atoms with Gasteiger partial charge in [-0.1, -0.05) is 13.8 Å². The van der Waals surface area contributed by atoms with Crippen LogP contribution in [-0.4, -0.2) is 51.0 Å². The van der Waals surface area contributed by atoms with E-state index in [1.807, 2.05) is 0 Å². The Morgan fingerprint density at radius 1 is 1.18 bits per heavy atom. The molecule has 128 valence electrons. The molecule has 1 aliphatic carbocycles. The van der Waals surface area contributed by atoms with Crippen molar-refractivity contribution in [3.05, 3.63) is 0 Å². The lowest BCUT2D eigenvalue weighted by molar-refractivity contribution is -0.0833. The zero-order chi connectivity index (χ0) is 15.8. The smallest absolute Gasteiger partial charge is 0.191 e. The molecule has 0 bridgehead atoms. The van der Waals surface area contributed by atoms with Crippen LogP contribution < -0.4 is 10.6 Å². The highest BCUT2D eigenvalue weighted by Gasteiger charge is 2.23. The zero-order valence-corrected chi connectivity index (χ0v) is 14.4. The Balaban J connectivity index is 1.78. The molecule has 5 nitrogen and oxygen atoms in total. The van der Waals surface area contributed by atoms with Gasteiger partial charge in [-0.05, 0) is 44.4 Å². The first kappa shape index (κ1) is 17.5. The van der Waals surface area contributed by atoms with Crippen molar-refractivity contribution in [2.75, 3.05) is 32.9 Å². The average molecular weight is 311 g/mol. The highest BCUT2D eigenvalue weighted by molar-refractivity contribution is 5.80. The van der Waals surface area contributed by atoms with Gasteiger partial charge in [-0.2, -0.15) is 0 Å². The molecule has 0 spiro atoms. The van der Waals surface area contributed by atoms with Gasteiger partial charge in [-0.25, -0.2) is 0 Å². The summed E-state index contributed by atoms with van der Waals surface area (Å²) in [5.74, 6) is 2.63. The van der Waals surface area contributed by atoms with Crippen molar-refractivity contribution in [1.29, 1.82) is 0 Å². The van der Waals surface area contributed by atoms with Crippen LogP contribution in [0.1, 0.15) is 46.5 Å². The molecule has 0 amide bonds. The third-order valence-corrected chi connectivity index (χ3v) is 4.74. The molecule has 22 heavy (non-hydrogen) atoms. The minimum Gasteiger partial charge on any atom is -0.376 e. The van der Waals surface area contributed by atoms with Crippen LogP contribution in [0.2, 0.25) is 0 Å². The van der Waals surface area contributed by atoms with Crippen molar-refractivity contribution in [3.63, 3.8) is 0 Å². The van der Waals surface area contributed by atoms with Gasteiger partial charge in [0.05, 0.1) is 26.4 Å². The Hall–Kier alpha value is -0.810. The van der Waals surface area contributed by atoms with Gasteiger partial charge in [0.25, 0.3) is 0 Å². The summed E-state index contributed by atoms with van der Waals surface area (Å²) < 4.78 is 11.1. The standard InChI is InChI=1S/C17H33N3O2/c1-4-18-17(19-11-16-12-21-9-10-22-16)20-15-7-5-14(6-8-15)13(2)3/h13-16H,4-12H2,1-3H3,(H2,18,19,20). The highest BCUT2D eigenvalue weighted by atomic mass is 16.6. The summed E-state index contributed by atoms with van der Waals surface area (Å²) in [4.78, 5) is 4.67. The van der Waals surface area contributed by atoms with Crippen molar-refractivity contribution >= 4 is 5.96 Å². The Morgan fingerprint density at radius 2 is 1.95 bits per heavy atom. The normalized spacial score (nSPS) is 30.4. The number of hydrogen-bond donors (Lipinski definition) is 2. The van der Waals surface area contributed by atoms with Crippen molar-refractivity contribution in [2.45, 2.75) is 58.6 Å². The fraction of sp³-hybridized carbons (Fsp3) is 0.941. The predicted octanol–water partition coefficient (Wildman–Crippen LogP) is 2.17. The first-order valence-electron chi connectivity index (χ1n) is 8.93. The molecule has 1 saturated heterocycles. The Kier molecular flexibility index (Phi) is 7.46. The number of aliphatic imine (C=N–C) groups is 1. The van der Waals surface area contributed by atoms with E-state index in [0.29, 0.717) is 32.4 Å². The molecule has 1 aliphatic heterocycles. The Morgan fingerprint density at radius 3 is 2.55 bits per heavy atom. The monoisotopic (exact) mass is 311 g/mol. The van der Waals surface area contributed by atoms with Gasteiger partial charge < -0.3 is 20.1 Å². The minimum absolute atomic E-state index is 0.0980. The fourth-order valence-corrected chi connectivity index (χ4v) is 3.28. The van der Waals surface area contributed by atoms with E-state index in [-0.39, 0.29) is 6.10 Å². The lowest BCUT2D eigenvalue weighted by Crippen LogP contribution is -2.45. The summed E-state index contributed by atoms with van der Waals surface area (Å²) in [5, 5.41) is 6.94. The Bertz CT molecular complexity index is 333. The van der Waals surface area contributed by atoms with Crippen molar-refractivity contribution < 1.29 is 9.47 Å². The van der Waals surface area contributed by atoms with Crippen LogP contribution in [0.4, 0.5) is 0 Å². The molecular formula is C17H33N3O2. The first-order chi connectivity index (χ1) is 10.7. The van der Waals surface area contributed by atoms with Crippen LogP contribution in [0.3, 0.4) is 0 Å². The molecule has 0 aromatic rings. The van der Waals surface area contributed by atoms with Crippen molar-refractivity contribution in [3.8, 4) is 0 Å². The van der Waals surface area contributed by atoms with E-state index < -0.39 is 0 Å². The molecule has 0 aromatic heterocycles. The van der Waals surface area contributed by atoms with Crippen LogP contribution in [0.15, 0.2) is 4.99 Å². The van der Waals surface area contributed by atoms with Gasteiger partial charge in [-0.15, -0.1) is 0 Å². The summed E-state index contributed by atoms with van der Waals surface area (Å²) in [7, 11) is 0. The largest absolute Gasteiger partial charge is 0.376 e. The average Bonchev–Trinajstić information content (AvgIpc) is 2.54. The molecule has 2 N–H and O–H groups in total. The second-order valence-electron chi connectivity index (χ2n) is 6.79. The lowest BCUT2D eigenvalue weighted by Gasteiger charge is -2.32. The van der Waals surface area contributed by atoms with Crippen LogP contribution in [0.25, 0.3) is 0 Å². The number of guanidine groups is 1. The number of ether oxygens (including phenoxy) is 2. The van der Waals surface area contributed by atoms with E-state index >= 15 is 0 Å². The van der Waals surface area contributed by atoms with Gasteiger partial charge in [0.2, 0.25) is 0 Å². The van der Waals surface area contributed by atoms with E-state index in [0.717, 1.165) is 24.3 Å². The number of nitrogens with zero attached hydrogens (tertiary/aromatic N) is 1. The second-order valence-corrected chi connectivity index (χ2v) is 6.79. The topological polar surface area (TPSA) is 54.9 Å². The van der Waals surface area contributed by atoms with Crippen molar-refractivity contribution in [1.82, 2.24) is 10.6 Å². The maximum Gasteiger partial charge on any atom is 0.191 e. The summed E-state index contributed by atoms with van der Waals surface area (Å²) in [6, 6.07) is 0.552.